The molecule has 140 valence electrons. The zero-order valence-electron chi connectivity index (χ0n) is 15.4. The molecule has 3 aromatic rings. The van der Waals surface area contributed by atoms with Crippen LogP contribution in [-0.4, -0.2) is 21.9 Å². The van der Waals surface area contributed by atoms with E-state index in [0.717, 1.165) is 36.1 Å². The number of thiophene rings is 1. The van der Waals surface area contributed by atoms with Crippen molar-refractivity contribution in [3.05, 3.63) is 58.0 Å². The highest BCUT2D eigenvalue weighted by Crippen LogP contribution is 2.38. The van der Waals surface area contributed by atoms with Gasteiger partial charge >= 0.3 is 0 Å². The van der Waals surface area contributed by atoms with Crippen LogP contribution in [0.2, 0.25) is 0 Å². The monoisotopic (exact) mass is 406 g/mol. The van der Waals surface area contributed by atoms with Gasteiger partial charge in [0.25, 0.3) is 0 Å². The second-order valence-electron chi connectivity index (χ2n) is 6.63. The molecule has 7 heteroatoms. The number of carbonyl (C=O) groups excluding carboxylic acids is 1. The lowest BCUT2D eigenvalue weighted by Crippen LogP contribution is -2.14. The summed E-state index contributed by atoms with van der Waals surface area (Å²) in [5.74, 6) is 0.0947. The molecule has 1 N–H and O–H groups in total. The molecule has 0 aliphatic heterocycles. The van der Waals surface area contributed by atoms with Gasteiger partial charge in [0.1, 0.15) is 16.1 Å². The van der Waals surface area contributed by atoms with Crippen LogP contribution in [-0.2, 0) is 17.6 Å². The molecular weight excluding hydrogens is 388 g/mol. The number of nitrogens with one attached hydrogen (secondary N) is 1. The number of nitrogens with zero attached hydrogens (tertiary/aromatic N) is 3. The van der Waals surface area contributed by atoms with E-state index in [2.05, 4.69) is 21.6 Å². The van der Waals surface area contributed by atoms with Crippen LogP contribution in [0.5, 0.6) is 0 Å². The van der Waals surface area contributed by atoms with Gasteiger partial charge in [0.2, 0.25) is 5.91 Å². The van der Waals surface area contributed by atoms with E-state index in [-0.39, 0.29) is 11.7 Å². The first-order valence-corrected chi connectivity index (χ1v) is 10.8. The van der Waals surface area contributed by atoms with Crippen molar-refractivity contribution >= 4 is 34.0 Å². The van der Waals surface area contributed by atoms with E-state index in [1.165, 1.54) is 33.5 Å². The van der Waals surface area contributed by atoms with Crippen molar-refractivity contribution in [2.45, 2.75) is 31.2 Å². The van der Waals surface area contributed by atoms with E-state index in [4.69, 9.17) is 0 Å². The zero-order chi connectivity index (χ0) is 19.5. The highest BCUT2D eigenvalue weighted by atomic mass is 32.2. The van der Waals surface area contributed by atoms with Gasteiger partial charge in [-0.1, -0.05) is 41.6 Å². The summed E-state index contributed by atoms with van der Waals surface area (Å²) in [4.78, 5) is 13.6. The van der Waals surface area contributed by atoms with E-state index in [0.29, 0.717) is 15.6 Å². The van der Waals surface area contributed by atoms with Crippen molar-refractivity contribution < 1.29 is 4.79 Å². The van der Waals surface area contributed by atoms with Crippen LogP contribution in [0.4, 0.5) is 5.00 Å². The van der Waals surface area contributed by atoms with Gasteiger partial charge in [-0.15, -0.1) is 21.5 Å². The Hall–Kier alpha value is -2.69. The second kappa shape index (κ2) is 8.13. The number of fused-ring (bicyclic) bond motifs is 1. The van der Waals surface area contributed by atoms with Gasteiger partial charge in [0.05, 0.1) is 17.0 Å². The second-order valence-corrected chi connectivity index (χ2v) is 8.73. The maximum atomic E-state index is 12.3. The van der Waals surface area contributed by atoms with Gasteiger partial charge in [-0.25, -0.2) is 0 Å². The number of hydrogen-bond acceptors (Lipinski definition) is 6. The maximum absolute atomic E-state index is 12.3. The number of carbonyl (C=O) groups is 1. The summed E-state index contributed by atoms with van der Waals surface area (Å²) in [6.07, 6.45) is 3.03. The Morgan fingerprint density at radius 2 is 2.04 bits per heavy atom. The Morgan fingerprint density at radius 1 is 1.21 bits per heavy atom. The Labute approximate surface area is 171 Å². The number of amides is 1. The SMILES string of the molecule is Cc1ccc(-c2ccc(SCC(=O)Nc3sc4c(c3C#N)CCC4)nn2)cc1. The average molecular weight is 407 g/mol. The Kier molecular flexibility index (Phi) is 5.42. The van der Waals surface area contributed by atoms with Crippen LogP contribution in [0.25, 0.3) is 11.3 Å². The lowest BCUT2D eigenvalue weighted by Gasteiger charge is -2.05. The van der Waals surface area contributed by atoms with Crippen molar-refractivity contribution in [1.29, 1.82) is 5.26 Å². The Bertz CT molecular complexity index is 1050. The molecule has 0 unspecified atom stereocenters. The van der Waals surface area contributed by atoms with Gasteiger partial charge in [-0.05, 0) is 43.9 Å². The van der Waals surface area contributed by atoms with Crippen molar-refractivity contribution in [3.63, 3.8) is 0 Å². The summed E-state index contributed by atoms with van der Waals surface area (Å²) in [7, 11) is 0. The average Bonchev–Trinajstić information content (AvgIpc) is 3.28. The van der Waals surface area contributed by atoms with E-state index >= 15 is 0 Å². The minimum absolute atomic E-state index is 0.133. The van der Waals surface area contributed by atoms with Crippen molar-refractivity contribution in [2.75, 3.05) is 11.1 Å². The fraction of sp³-hybridized carbons (Fsp3) is 0.238. The number of anilines is 1. The first-order chi connectivity index (χ1) is 13.6. The fourth-order valence-electron chi connectivity index (χ4n) is 3.19. The summed E-state index contributed by atoms with van der Waals surface area (Å²) in [5.41, 5.74) is 4.78. The molecule has 1 aliphatic rings. The zero-order valence-corrected chi connectivity index (χ0v) is 17.0. The molecule has 0 fully saturated rings. The predicted octanol–water partition coefficient (Wildman–Crippen LogP) is 4.60. The van der Waals surface area contributed by atoms with Crippen LogP contribution in [0.3, 0.4) is 0 Å². The van der Waals surface area contributed by atoms with E-state index in [1.807, 2.05) is 43.3 Å². The van der Waals surface area contributed by atoms with E-state index in [9.17, 15) is 10.1 Å². The molecule has 2 aromatic heterocycles. The molecule has 0 saturated carbocycles. The molecule has 1 amide bonds. The molecule has 0 atom stereocenters. The minimum atomic E-state index is -0.133. The summed E-state index contributed by atoms with van der Waals surface area (Å²) in [6.45, 7) is 2.05. The summed E-state index contributed by atoms with van der Waals surface area (Å²) in [5, 5.41) is 22.1. The molecule has 1 aliphatic carbocycles. The fourth-order valence-corrected chi connectivity index (χ4v) is 5.06. The summed E-state index contributed by atoms with van der Waals surface area (Å²) in [6, 6.07) is 14.2. The smallest absolute Gasteiger partial charge is 0.235 e. The third-order valence-corrected chi connectivity index (χ3v) is 6.75. The number of hydrogen-bond donors (Lipinski definition) is 1. The molecular formula is C21H18N4OS2. The predicted molar refractivity (Wildman–Crippen MR) is 113 cm³/mol. The first-order valence-electron chi connectivity index (χ1n) is 9.02. The van der Waals surface area contributed by atoms with Gasteiger partial charge in [-0.3, -0.25) is 4.79 Å². The lowest BCUT2D eigenvalue weighted by atomic mass is 10.1. The normalized spacial score (nSPS) is 12.4. The number of benzene rings is 1. The summed E-state index contributed by atoms with van der Waals surface area (Å²) >= 11 is 2.87. The molecule has 4 rings (SSSR count). The van der Waals surface area contributed by atoms with Crippen LogP contribution < -0.4 is 5.32 Å². The van der Waals surface area contributed by atoms with Crippen LogP contribution in [0.1, 0.15) is 28.0 Å². The molecule has 28 heavy (non-hydrogen) atoms. The largest absolute Gasteiger partial charge is 0.316 e. The Morgan fingerprint density at radius 3 is 2.75 bits per heavy atom. The lowest BCUT2D eigenvalue weighted by molar-refractivity contribution is -0.113. The molecule has 0 saturated heterocycles. The number of thioether (sulfide) groups is 1. The van der Waals surface area contributed by atoms with E-state index in [1.54, 1.807) is 0 Å². The van der Waals surface area contributed by atoms with Crippen molar-refractivity contribution in [2.24, 2.45) is 0 Å². The third kappa shape index (κ3) is 3.93. The minimum Gasteiger partial charge on any atom is -0.316 e. The highest BCUT2D eigenvalue weighted by molar-refractivity contribution is 7.99. The van der Waals surface area contributed by atoms with Crippen LogP contribution >= 0.6 is 23.1 Å². The molecule has 2 heterocycles. The number of aryl methyl sites for hydroxylation is 2. The third-order valence-electron chi connectivity index (χ3n) is 4.62. The molecule has 5 nitrogen and oxygen atoms in total. The first kappa shape index (κ1) is 18.7. The number of aromatic nitrogens is 2. The van der Waals surface area contributed by atoms with Crippen LogP contribution in [0.15, 0.2) is 41.4 Å². The Balaban J connectivity index is 1.36. The van der Waals surface area contributed by atoms with E-state index < -0.39 is 0 Å². The standard InChI is InChI=1S/C21H18N4OS2/c1-13-5-7-14(8-6-13)17-9-10-20(25-24-17)27-12-19(26)23-21-16(11-22)15-3-2-4-18(15)28-21/h5-10H,2-4,12H2,1H3,(H,23,26). The topological polar surface area (TPSA) is 78.7 Å². The molecule has 0 spiro atoms. The van der Waals surface area contributed by atoms with Gasteiger partial charge in [0, 0.05) is 10.4 Å². The highest BCUT2D eigenvalue weighted by Gasteiger charge is 2.23. The van der Waals surface area contributed by atoms with Gasteiger partial charge in [0.15, 0.2) is 0 Å². The summed E-state index contributed by atoms with van der Waals surface area (Å²) < 4.78 is 0. The quantitative estimate of drug-likeness (QED) is 0.626. The van der Waals surface area contributed by atoms with Crippen LogP contribution in [0, 0.1) is 18.3 Å². The number of rotatable bonds is 5. The maximum Gasteiger partial charge on any atom is 0.235 e. The molecule has 0 radical (unpaired) electrons. The molecule has 1 aromatic carbocycles. The van der Waals surface area contributed by atoms with Gasteiger partial charge in [-0.2, -0.15) is 5.26 Å². The molecule has 0 bridgehead atoms. The number of nitriles is 1. The van der Waals surface area contributed by atoms with Crippen molar-refractivity contribution in [3.8, 4) is 17.3 Å². The van der Waals surface area contributed by atoms with Crippen molar-refractivity contribution in [1.82, 2.24) is 10.2 Å². The van der Waals surface area contributed by atoms with Gasteiger partial charge < -0.3 is 5.32 Å².